The normalized spacial score (nSPS) is 10.4. The van der Waals surface area contributed by atoms with E-state index >= 15 is 0 Å². The number of hydrogen-bond acceptors (Lipinski definition) is 4. The molecule has 0 saturated carbocycles. The fraction of sp³-hybridized carbons (Fsp3) is 0.286. The van der Waals surface area contributed by atoms with Crippen molar-refractivity contribution in [1.29, 1.82) is 0 Å². The zero-order valence-corrected chi connectivity index (χ0v) is 12.0. The molecule has 0 saturated heterocycles. The number of rotatable bonds is 3. The second-order valence-electron chi connectivity index (χ2n) is 4.56. The maximum atomic E-state index is 11.6. The molecule has 0 spiro atoms. The van der Waals surface area contributed by atoms with Crippen molar-refractivity contribution in [3.63, 3.8) is 0 Å². The van der Waals surface area contributed by atoms with Gasteiger partial charge >= 0.3 is 0 Å². The van der Waals surface area contributed by atoms with Crippen LogP contribution in [-0.4, -0.2) is 22.7 Å². The van der Waals surface area contributed by atoms with Crippen molar-refractivity contribution in [1.82, 2.24) is 15.1 Å². The summed E-state index contributed by atoms with van der Waals surface area (Å²) in [6, 6.07) is 4.94. The summed E-state index contributed by atoms with van der Waals surface area (Å²) in [5.74, 6) is 0.924. The number of carbonyl (C=O) groups excluding carboxylic acids is 1. The number of aromatic nitrogens is 2. The first-order chi connectivity index (χ1) is 9.43. The molecule has 0 atom stereocenters. The highest BCUT2D eigenvalue weighted by Crippen LogP contribution is 2.32. The third-order valence-corrected chi connectivity index (χ3v) is 3.16. The van der Waals surface area contributed by atoms with E-state index in [1.54, 1.807) is 29.9 Å². The number of nitrogen functional groups attached to an aromatic ring is 1. The predicted octanol–water partition coefficient (Wildman–Crippen LogP) is 1.77. The molecule has 1 aromatic heterocycles. The summed E-state index contributed by atoms with van der Waals surface area (Å²) in [5.41, 5.74) is 8.54. The van der Waals surface area contributed by atoms with Crippen LogP contribution in [0.4, 0.5) is 5.69 Å². The van der Waals surface area contributed by atoms with Crippen LogP contribution in [0.15, 0.2) is 18.2 Å². The van der Waals surface area contributed by atoms with E-state index in [1.165, 1.54) is 0 Å². The van der Waals surface area contributed by atoms with Crippen molar-refractivity contribution in [3.05, 3.63) is 35.2 Å². The quantitative estimate of drug-likeness (QED) is 0.836. The molecule has 0 radical (unpaired) electrons. The highest BCUT2D eigenvalue weighted by atomic mass is 16.5. The molecule has 0 unspecified atom stereocenters. The van der Waals surface area contributed by atoms with E-state index in [2.05, 4.69) is 10.4 Å². The number of nitrogens with two attached hydrogens (primary N) is 1. The molecule has 6 nitrogen and oxygen atoms in total. The van der Waals surface area contributed by atoms with Crippen molar-refractivity contribution >= 4 is 11.6 Å². The lowest BCUT2D eigenvalue weighted by Crippen LogP contribution is -2.17. The van der Waals surface area contributed by atoms with Gasteiger partial charge in [0.1, 0.15) is 5.69 Å². The standard InChI is InChI=1S/C14H18N4O2/c1-8-13(9(2)18(4)17-8)20-12-7-10(14(19)16-3)5-6-11(12)15/h5-7H,15H2,1-4H3,(H,16,19). The first kappa shape index (κ1) is 13.9. The molecular formula is C14H18N4O2. The fourth-order valence-electron chi connectivity index (χ4n) is 1.92. The lowest BCUT2D eigenvalue weighted by Gasteiger charge is -2.10. The van der Waals surface area contributed by atoms with E-state index in [4.69, 9.17) is 10.5 Å². The van der Waals surface area contributed by atoms with Crippen molar-refractivity contribution in [2.75, 3.05) is 12.8 Å². The number of benzene rings is 1. The summed E-state index contributed by atoms with van der Waals surface area (Å²) in [7, 11) is 3.42. The van der Waals surface area contributed by atoms with E-state index in [-0.39, 0.29) is 5.91 Å². The highest BCUT2D eigenvalue weighted by Gasteiger charge is 2.14. The first-order valence-electron chi connectivity index (χ1n) is 6.23. The Hall–Kier alpha value is -2.50. The van der Waals surface area contributed by atoms with Gasteiger partial charge in [0.2, 0.25) is 0 Å². The minimum atomic E-state index is -0.186. The maximum Gasteiger partial charge on any atom is 0.251 e. The molecular weight excluding hydrogens is 256 g/mol. The molecule has 1 heterocycles. The van der Waals surface area contributed by atoms with Crippen molar-refractivity contribution in [2.45, 2.75) is 13.8 Å². The third kappa shape index (κ3) is 2.45. The molecule has 0 aliphatic heterocycles. The van der Waals surface area contributed by atoms with Crippen molar-refractivity contribution in [3.8, 4) is 11.5 Å². The van der Waals surface area contributed by atoms with Crippen LogP contribution in [-0.2, 0) is 7.05 Å². The summed E-state index contributed by atoms with van der Waals surface area (Å²) < 4.78 is 7.58. The van der Waals surface area contributed by atoms with Crippen LogP contribution in [0.3, 0.4) is 0 Å². The van der Waals surface area contributed by atoms with Gasteiger partial charge in [-0.3, -0.25) is 9.48 Å². The molecule has 1 aromatic carbocycles. The van der Waals surface area contributed by atoms with Crippen LogP contribution in [0.2, 0.25) is 0 Å². The van der Waals surface area contributed by atoms with Gasteiger partial charge in [-0.1, -0.05) is 0 Å². The number of nitrogens with one attached hydrogen (secondary N) is 1. The maximum absolute atomic E-state index is 11.6. The number of aryl methyl sites for hydroxylation is 2. The van der Waals surface area contributed by atoms with E-state index in [9.17, 15) is 4.79 Å². The van der Waals surface area contributed by atoms with Crippen LogP contribution in [0.5, 0.6) is 11.5 Å². The van der Waals surface area contributed by atoms with Crippen LogP contribution in [0.25, 0.3) is 0 Å². The summed E-state index contributed by atoms with van der Waals surface area (Å²) >= 11 is 0. The molecule has 0 fully saturated rings. The SMILES string of the molecule is CNC(=O)c1ccc(N)c(Oc2c(C)nn(C)c2C)c1. The smallest absolute Gasteiger partial charge is 0.251 e. The van der Waals surface area contributed by atoms with Gasteiger partial charge < -0.3 is 15.8 Å². The summed E-state index contributed by atoms with van der Waals surface area (Å²) in [5, 5.41) is 6.85. The summed E-state index contributed by atoms with van der Waals surface area (Å²) in [6.45, 7) is 3.77. The lowest BCUT2D eigenvalue weighted by atomic mass is 10.2. The van der Waals surface area contributed by atoms with Crippen LogP contribution >= 0.6 is 0 Å². The van der Waals surface area contributed by atoms with Crippen molar-refractivity contribution in [2.24, 2.45) is 7.05 Å². The fourth-order valence-corrected chi connectivity index (χ4v) is 1.92. The van der Waals surface area contributed by atoms with E-state index in [1.807, 2.05) is 20.9 Å². The average Bonchev–Trinajstić information content (AvgIpc) is 2.66. The Morgan fingerprint density at radius 3 is 2.65 bits per heavy atom. The number of hydrogen-bond donors (Lipinski definition) is 2. The van der Waals surface area contributed by atoms with Gasteiger partial charge in [-0.05, 0) is 32.0 Å². The van der Waals surface area contributed by atoms with Gasteiger partial charge in [-0.2, -0.15) is 5.10 Å². The Morgan fingerprint density at radius 2 is 2.10 bits per heavy atom. The Balaban J connectivity index is 2.40. The zero-order valence-electron chi connectivity index (χ0n) is 12.0. The molecule has 6 heteroatoms. The first-order valence-corrected chi connectivity index (χ1v) is 6.23. The third-order valence-electron chi connectivity index (χ3n) is 3.16. The number of amides is 1. The predicted molar refractivity (Wildman–Crippen MR) is 77.0 cm³/mol. The van der Waals surface area contributed by atoms with Gasteiger partial charge in [0.15, 0.2) is 11.5 Å². The zero-order chi connectivity index (χ0) is 14.9. The number of nitrogens with zero attached hydrogens (tertiary/aromatic N) is 2. The second-order valence-corrected chi connectivity index (χ2v) is 4.56. The minimum Gasteiger partial charge on any atom is -0.451 e. The van der Waals surface area contributed by atoms with Crippen molar-refractivity contribution < 1.29 is 9.53 Å². The Kier molecular flexibility index (Phi) is 3.65. The largest absolute Gasteiger partial charge is 0.451 e. The number of carbonyl (C=O) groups is 1. The Bertz CT molecular complexity index is 661. The second kappa shape index (κ2) is 5.24. The van der Waals surface area contributed by atoms with Crippen LogP contribution in [0, 0.1) is 13.8 Å². The summed E-state index contributed by atoms with van der Waals surface area (Å²) in [6.07, 6.45) is 0. The van der Waals surface area contributed by atoms with Gasteiger partial charge in [0, 0.05) is 19.7 Å². The average molecular weight is 274 g/mol. The van der Waals surface area contributed by atoms with Gasteiger partial charge in [-0.15, -0.1) is 0 Å². The van der Waals surface area contributed by atoms with Gasteiger partial charge in [0.05, 0.1) is 11.4 Å². The van der Waals surface area contributed by atoms with E-state index in [0.717, 1.165) is 11.4 Å². The van der Waals surface area contributed by atoms with E-state index in [0.29, 0.717) is 22.7 Å². The molecule has 2 rings (SSSR count). The summed E-state index contributed by atoms with van der Waals surface area (Å²) in [4.78, 5) is 11.6. The van der Waals surface area contributed by atoms with Gasteiger partial charge in [-0.25, -0.2) is 0 Å². The van der Waals surface area contributed by atoms with Crippen LogP contribution in [0.1, 0.15) is 21.7 Å². The molecule has 0 aliphatic carbocycles. The Labute approximate surface area is 117 Å². The molecule has 20 heavy (non-hydrogen) atoms. The lowest BCUT2D eigenvalue weighted by molar-refractivity contribution is 0.0963. The minimum absolute atomic E-state index is 0.186. The molecule has 0 aliphatic rings. The highest BCUT2D eigenvalue weighted by molar-refractivity contribution is 5.95. The monoisotopic (exact) mass is 274 g/mol. The molecule has 106 valence electrons. The topological polar surface area (TPSA) is 82.2 Å². The molecule has 0 bridgehead atoms. The molecule has 2 aromatic rings. The Morgan fingerprint density at radius 1 is 1.40 bits per heavy atom. The number of ether oxygens (including phenoxy) is 1. The van der Waals surface area contributed by atoms with E-state index < -0.39 is 0 Å². The number of anilines is 1. The van der Waals surface area contributed by atoms with Gasteiger partial charge in [0.25, 0.3) is 5.91 Å². The molecule has 1 amide bonds. The molecule has 3 N–H and O–H groups in total. The van der Waals surface area contributed by atoms with Crippen LogP contribution < -0.4 is 15.8 Å².